The van der Waals surface area contributed by atoms with Crippen LogP contribution in [0.15, 0.2) is 42.5 Å². The minimum absolute atomic E-state index is 0.636. The first kappa shape index (κ1) is 13.6. The van der Waals surface area contributed by atoms with E-state index < -0.39 is 0 Å². The molecule has 0 spiro atoms. The van der Waals surface area contributed by atoms with E-state index in [0.717, 1.165) is 18.5 Å². The van der Waals surface area contributed by atoms with Gasteiger partial charge in [0.25, 0.3) is 0 Å². The van der Waals surface area contributed by atoms with Crippen LogP contribution in [0, 0.1) is 6.92 Å². The first-order valence-electron chi connectivity index (χ1n) is 6.11. The summed E-state index contributed by atoms with van der Waals surface area (Å²) in [6.45, 7) is 2.80. The number of aldehydes is 1. The lowest BCUT2D eigenvalue weighted by Crippen LogP contribution is -2.17. The fourth-order valence-corrected chi connectivity index (χ4v) is 2.17. The maximum Gasteiger partial charge on any atom is 0.152 e. The number of anilines is 1. The van der Waals surface area contributed by atoms with Gasteiger partial charge in [-0.15, -0.1) is 0 Å². The molecule has 0 bridgehead atoms. The summed E-state index contributed by atoms with van der Waals surface area (Å²) in [5, 5.41) is 0.636. The molecule has 98 valence electrons. The third-order valence-corrected chi connectivity index (χ3v) is 3.31. The van der Waals surface area contributed by atoms with Crippen molar-refractivity contribution in [2.75, 3.05) is 11.9 Å². The molecule has 0 saturated heterocycles. The zero-order valence-corrected chi connectivity index (χ0v) is 11.8. The van der Waals surface area contributed by atoms with E-state index in [1.165, 1.54) is 11.1 Å². The number of rotatable bonds is 4. The Morgan fingerprint density at radius 1 is 1.16 bits per heavy atom. The van der Waals surface area contributed by atoms with Gasteiger partial charge in [0, 0.05) is 29.9 Å². The Kier molecular flexibility index (Phi) is 4.23. The normalized spacial score (nSPS) is 10.3. The molecule has 0 aliphatic carbocycles. The molecule has 0 aromatic heterocycles. The van der Waals surface area contributed by atoms with Crippen molar-refractivity contribution < 1.29 is 4.79 Å². The molecule has 0 N–H and O–H groups in total. The van der Waals surface area contributed by atoms with Gasteiger partial charge in [-0.05, 0) is 30.7 Å². The van der Waals surface area contributed by atoms with E-state index >= 15 is 0 Å². The van der Waals surface area contributed by atoms with Crippen LogP contribution in [-0.2, 0) is 6.54 Å². The van der Waals surface area contributed by atoms with Crippen LogP contribution in [0.4, 0.5) is 5.69 Å². The first-order chi connectivity index (χ1) is 9.10. The van der Waals surface area contributed by atoms with Crippen molar-refractivity contribution in [3.05, 3.63) is 64.2 Å². The standard InChI is InChI=1S/C16H16ClNO/c1-12-3-5-13(6-4-12)10-18(2)16-9-15(17)8-7-14(16)11-19/h3-9,11H,10H2,1-2H3. The molecular formula is C16H16ClNO. The minimum Gasteiger partial charge on any atom is -0.370 e. The average molecular weight is 274 g/mol. The maximum absolute atomic E-state index is 11.1. The van der Waals surface area contributed by atoms with Gasteiger partial charge in [-0.25, -0.2) is 0 Å². The smallest absolute Gasteiger partial charge is 0.152 e. The van der Waals surface area contributed by atoms with Gasteiger partial charge >= 0.3 is 0 Å². The lowest BCUT2D eigenvalue weighted by molar-refractivity contribution is 0.112. The number of hydrogen-bond donors (Lipinski definition) is 0. The fraction of sp³-hybridized carbons (Fsp3) is 0.188. The molecule has 0 atom stereocenters. The molecule has 0 fully saturated rings. The Hall–Kier alpha value is -1.80. The van der Waals surface area contributed by atoms with Gasteiger partial charge in [-0.2, -0.15) is 0 Å². The van der Waals surface area contributed by atoms with Crippen LogP contribution in [0.3, 0.4) is 0 Å². The number of benzene rings is 2. The van der Waals surface area contributed by atoms with E-state index in [4.69, 9.17) is 11.6 Å². The van der Waals surface area contributed by atoms with Crippen LogP contribution in [0.2, 0.25) is 5.02 Å². The summed E-state index contributed by atoms with van der Waals surface area (Å²) in [7, 11) is 1.96. The van der Waals surface area contributed by atoms with Gasteiger partial charge in [0.15, 0.2) is 6.29 Å². The van der Waals surface area contributed by atoms with Crippen LogP contribution < -0.4 is 4.90 Å². The summed E-state index contributed by atoms with van der Waals surface area (Å²) < 4.78 is 0. The summed E-state index contributed by atoms with van der Waals surface area (Å²) in [6, 6.07) is 13.7. The fourth-order valence-electron chi connectivity index (χ4n) is 2.00. The highest BCUT2D eigenvalue weighted by atomic mass is 35.5. The Balaban J connectivity index is 2.24. The molecule has 2 aromatic carbocycles. The highest BCUT2D eigenvalue weighted by Gasteiger charge is 2.08. The molecule has 19 heavy (non-hydrogen) atoms. The van der Waals surface area contributed by atoms with Gasteiger partial charge in [-0.1, -0.05) is 41.4 Å². The number of aryl methyl sites for hydroxylation is 1. The van der Waals surface area contributed by atoms with E-state index in [9.17, 15) is 4.79 Å². The minimum atomic E-state index is 0.636. The lowest BCUT2D eigenvalue weighted by atomic mass is 10.1. The molecule has 2 rings (SSSR count). The molecule has 0 saturated carbocycles. The predicted molar refractivity (Wildman–Crippen MR) is 80.1 cm³/mol. The Bertz CT molecular complexity index is 578. The first-order valence-corrected chi connectivity index (χ1v) is 6.49. The van der Waals surface area contributed by atoms with Gasteiger partial charge in [0.2, 0.25) is 0 Å². The number of nitrogens with zero attached hydrogens (tertiary/aromatic N) is 1. The van der Waals surface area contributed by atoms with Gasteiger partial charge < -0.3 is 4.90 Å². The van der Waals surface area contributed by atoms with E-state index in [0.29, 0.717) is 10.6 Å². The van der Waals surface area contributed by atoms with Crippen LogP contribution in [0.5, 0.6) is 0 Å². The van der Waals surface area contributed by atoms with Crippen LogP contribution in [0.1, 0.15) is 21.5 Å². The van der Waals surface area contributed by atoms with E-state index in [1.54, 1.807) is 12.1 Å². The van der Waals surface area contributed by atoms with Gasteiger partial charge in [0.1, 0.15) is 0 Å². The van der Waals surface area contributed by atoms with Crippen molar-refractivity contribution in [1.29, 1.82) is 0 Å². The van der Waals surface area contributed by atoms with E-state index in [-0.39, 0.29) is 0 Å². The largest absolute Gasteiger partial charge is 0.370 e. The van der Waals surface area contributed by atoms with E-state index in [2.05, 4.69) is 31.2 Å². The van der Waals surface area contributed by atoms with Crippen molar-refractivity contribution in [2.45, 2.75) is 13.5 Å². The monoisotopic (exact) mass is 273 g/mol. The topological polar surface area (TPSA) is 20.3 Å². The van der Waals surface area contributed by atoms with Gasteiger partial charge in [0.05, 0.1) is 0 Å². The second kappa shape index (κ2) is 5.89. The van der Waals surface area contributed by atoms with Crippen molar-refractivity contribution in [1.82, 2.24) is 0 Å². The number of carbonyl (C=O) groups is 1. The maximum atomic E-state index is 11.1. The molecule has 2 nitrogen and oxygen atoms in total. The van der Waals surface area contributed by atoms with Crippen molar-refractivity contribution >= 4 is 23.6 Å². The average Bonchev–Trinajstić information content (AvgIpc) is 2.41. The quantitative estimate of drug-likeness (QED) is 0.782. The molecule has 3 heteroatoms. The number of halogens is 1. The number of carbonyl (C=O) groups excluding carboxylic acids is 1. The molecule has 0 aliphatic rings. The summed E-state index contributed by atoms with van der Waals surface area (Å²) in [6.07, 6.45) is 0.858. The van der Waals surface area contributed by atoms with Gasteiger partial charge in [-0.3, -0.25) is 4.79 Å². The third-order valence-electron chi connectivity index (χ3n) is 3.07. The summed E-state index contributed by atoms with van der Waals surface area (Å²) >= 11 is 6.00. The third kappa shape index (κ3) is 3.36. The van der Waals surface area contributed by atoms with Crippen LogP contribution in [0.25, 0.3) is 0 Å². The molecule has 0 amide bonds. The molecule has 0 unspecified atom stereocenters. The summed E-state index contributed by atoms with van der Waals surface area (Å²) in [5.41, 5.74) is 3.94. The predicted octanol–water partition coefficient (Wildman–Crippen LogP) is 4.10. The molecule has 2 aromatic rings. The second-order valence-electron chi connectivity index (χ2n) is 4.66. The van der Waals surface area contributed by atoms with Crippen LogP contribution >= 0.6 is 11.6 Å². The Morgan fingerprint density at radius 3 is 2.47 bits per heavy atom. The number of hydrogen-bond acceptors (Lipinski definition) is 2. The Labute approximate surface area is 118 Å². The lowest BCUT2D eigenvalue weighted by Gasteiger charge is -2.21. The second-order valence-corrected chi connectivity index (χ2v) is 5.10. The zero-order chi connectivity index (χ0) is 13.8. The highest BCUT2D eigenvalue weighted by molar-refractivity contribution is 6.31. The molecule has 0 heterocycles. The molecular weight excluding hydrogens is 258 g/mol. The van der Waals surface area contributed by atoms with Crippen molar-refractivity contribution in [2.24, 2.45) is 0 Å². The highest BCUT2D eigenvalue weighted by Crippen LogP contribution is 2.24. The van der Waals surface area contributed by atoms with Crippen LogP contribution in [-0.4, -0.2) is 13.3 Å². The Morgan fingerprint density at radius 2 is 1.84 bits per heavy atom. The SMILES string of the molecule is Cc1ccc(CN(C)c2cc(Cl)ccc2C=O)cc1. The summed E-state index contributed by atoms with van der Waals surface area (Å²) in [4.78, 5) is 13.1. The van der Waals surface area contributed by atoms with E-state index in [1.807, 2.05) is 18.0 Å². The zero-order valence-electron chi connectivity index (χ0n) is 11.1. The van der Waals surface area contributed by atoms with Crippen molar-refractivity contribution in [3.8, 4) is 0 Å². The molecule has 0 radical (unpaired) electrons. The molecule has 0 aliphatic heterocycles. The van der Waals surface area contributed by atoms with Crippen molar-refractivity contribution in [3.63, 3.8) is 0 Å². The summed E-state index contributed by atoms with van der Waals surface area (Å²) in [5.74, 6) is 0.